The van der Waals surface area contributed by atoms with Crippen LogP contribution in [-0.2, 0) is 20.1 Å². The molecular formula is C23H22N8. The quantitative estimate of drug-likeness (QED) is 0.427. The molecule has 0 N–H and O–H groups in total. The first kappa shape index (κ1) is 18.9. The van der Waals surface area contributed by atoms with Gasteiger partial charge in [0.1, 0.15) is 5.82 Å². The van der Waals surface area contributed by atoms with Gasteiger partial charge in [-0.25, -0.2) is 15.0 Å². The molecule has 0 aliphatic rings. The highest BCUT2D eigenvalue weighted by atomic mass is 15.5. The van der Waals surface area contributed by atoms with Crippen molar-refractivity contribution < 1.29 is 0 Å². The van der Waals surface area contributed by atoms with E-state index in [4.69, 9.17) is 9.97 Å². The Balaban J connectivity index is 1.65. The Morgan fingerprint density at radius 1 is 0.839 bits per heavy atom. The standard InChI is InChI=1S/C23H22N8/c1-17-25-21-20(27-23(29(21)2)31-14-13-24-28-31)22(26-17)30(15-18-9-5-3-6-10-18)16-19-11-7-4-8-12-19/h3-14H,15-16H2,1-2H3. The lowest BCUT2D eigenvalue weighted by molar-refractivity contribution is 0.720. The van der Waals surface area contributed by atoms with E-state index in [0.717, 1.165) is 17.0 Å². The average Bonchev–Trinajstić information content (AvgIpc) is 3.43. The second-order valence-electron chi connectivity index (χ2n) is 7.41. The summed E-state index contributed by atoms with van der Waals surface area (Å²) < 4.78 is 3.56. The minimum absolute atomic E-state index is 0.646. The molecule has 0 fully saturated rings. The summed E-state index contributed by atoms with van der Waals surface area (Å²) in [7, 11) is 1.93. The summed E-state index contributed by atoms with van der Waals surface area (Å²) in [4.78, 5) is 16.6. The molecule has 154 valence electrons. The predicted octanol–water partition coefficient (Wildman–Crippen LogP) is 3.46. The van der Waals surface area contributed by atoms with Crippen LogP contribution in [0, 0.1) is 6.92 Å². The normalized spacial score (nSPS) is 11.2. The van der Waals surface area contributed by atoms with Crippen molar-refractivity contribution in [1.82, 2.24) is 34.5 Å². The maximum absolute atomic E-state index is 4.86. The van der Waals surface area contributed by atoms with Gasteiger partial charge in [-0.05, 0) is 18.1 Å². The Morgan fingerprint density at radius 3 is 2.06 bits per heavy atom. The third-order valence-corrected chi connectivity index (χ3v) is 5.15. The zero-order valence-corrected chi connectivity index (χ0v) is 17.4. The van der Waals surface area contributed by atoms with E-state index in [1.165, 1.54) is 11.1 Å². The fourth-order valence-electron chi connectivity index (χ4n) is 3.69. The number of benzene rings is 2. The molecule has 2 aromatic carbocycles. The van der Waals surface area contributed by atoms with Crippen molar-refractivity contribution in [3.8, 4) is 5.95 Å². The molecule has 0 spiro atoms. The molecule has 3 heterocycles. The second kappa shape index (κ2) is 7.98. The summed E-state index contributed by atoms with van der Waals surface area (Å²) >= 11 is 0. The van der Waals surface area contributed by atoms with Gasteiger partial charge in [0.05, 0.1) is 12.4 Å². The number of hydrogen-bond acceptors (Lipinski definition) is 6. The van der Waals surface area contributed by atoms with E-state index in [2.05, 4.69) is 68.7 Å². The van der Waals surface area contributed by atoms with Crippen LogP contribution in [0.4, 0.5) is 5.82 Å². The van der Waals surface area contributed by atoms with Crippen LogP contribution in [0.25, 0.3) is 17.1 Å². The van der Waals surface area contributed by atoms with Crippen LogP contribution in [0.2, 0.25) is 0 Å². The first-order valence-electron chi connectivity index (χ1n) is 10.1. The number of rotatable bonds is 6. The van der Waals surface area contributed by atoms with Crippen LogP contribution in [0.3, 0.4) is 0 Å². The number of nitrogens with zero attached hydrogens (tertiary/aromatic N) is 8. The largest absolute Gasteiger partial charge is 0.346 e. The molecule has 0 bridgehead atoms. The lowest BCUT2D eigenvalue weighted by Crippen LogP contribution is -2.24. The van der Waals surface area contributed by atoms with Gasteiger partial charge in [-0.1, -0.05) is 65.9 Å². The summed E-state index contributed by atoms with van der Waals surface area (Å²) in [6, 6.07) is 20.8. The maximum atomic E-state index is 4.86. The molecule has 3 aromatic heterocycles. The number of fused-ring (bicyclic) bond motifs is 1. The lowest BCUT2D eigenvalue weighted by Gasteiger charge is -2.24. The van der Waals surface area contributed by atoms with Gasteiger partial charge >= 0.3 is 0 Å². The smallest absolute Gasteiger partial charge is 0.234 e. The van der Waals surface area contributed by atoms with Crippen LogP contribution in [0.5, 0.6) is 0 Å². The van der Waals surface area contributed by atoms with Crippen molar-refractivity contribution in [3.63, 3.8) is 0 Å². The van der Waals surface area contributed by atoms with E-state index in [-0.39, 0.29) is 0 Å². The van der Waals surface area contributed by atoms with Gasteiger partial charge in [0.2, 0.25) is 5.95 Å². The molecule has 31 heavy (non-hydrogen) atoms. The predicted molar refractivity (Wildman–Crippen MR) is 119 cm³/mol. The van der Waals surface area contributed by atoms with Gasteiger partial charge < -0.3 is 4.90 Å². The molecule has 8 heteroatoms. The van der Waals surface area contributed by atoms with E-state index >= 15 is 0 Å². The van der Waals surface area contributed by atoms with E-state index in [1.807, 2.05) is 30.7 Å². The summed E-state index contributed by atoms with van der Waals surface area (Å²) in [5.74, 6) is 2.15. The van der Waals surface area contributed by atoms with Crippen LogP contribution in [-0.4, -0.2) is 34.5 Å². The molecule has 0 amide bonds. The van der Waals surface area contributed by atoms with Crippen molar-refractivity contribution in [2.45, 2.75) is 20.0 Å². The van der Waals surface area contributed by atoms with Crippen LogP contribution in [0.15, 0.2) is 73.1 Å². The molecule has 5 rings (SSSR count). The first-order valence-corrected chi connectivity index (χ1v) is 10.1. The molecule has 0 unspecified atom stereocenters. The van der Waals surface area contributed by atoms with Gasteiger partial charge in [-0.15, -0.1) is 5.10 Å². The van der Waals surface area contributed by atoms with Crippen molar-refractivity contribution in [2.75, 3.05) is 4.90 Å². The minimum atomic E-state index is 0.646. The Bertz CT molecular complexity index is 1250. The van der Waals surface area contributed by atoms with Crippen molar-refractivity contribution in [1.29, 1.82) is 0 Å². The highest BCUT2D eigenvalue weighted by Gasteiger charge is 2.21. The second-order valence-corrected chi connectivity index (χ2v) is 7.41. The fraction of sp³-hybridized carbons (Fsp3) is 0.174. The van der Waals surface area contributed by atoms with E-state index in [1.54, 1.807) is 17.1 Å². The molecule has 0 saturated carbocycles. The number of aryl methyl sites for hydroxylation is 2. The molecule has 8 nitrogen and oxygen atoms in total. The molecule has 0 saturated heterocycles. The van der Waals surface area contributed by atoms with Crippen LogP contribution in [0.1, 0.15) is 17.0 Å². The summed E-state index contributed by atoms with van der Waals surface area (Å²) in [6.45, 7) is 3.32. The third-order valence-electron chi connectivity index (χ3n) is 5.15. The SMILES string of the molecule is Cc1nc(N(Cc2ccccc2)Cc2ccccc2)c2nc(-n3ccnn3)n(C)c2n1. The number of anilines is 1. The zero-order chi connectivity index (χ0) is 21.2. The third kappa shape index (κ3) is 3.75. The van der Waals surface area contributed by atoms with Gasteiger partial charge in [0.25, 0.3) is 0 Å². The summed E-state index contributed by atoms with van der Waals surface area (Å²) in [5, 5.41) is 8.01. The topological polar surface area (TPSA) is 77.5 Å². The Morgan fingerprint density at radius 2 is 1.48 bits per heavy atom. The van der Waals surface area contributed by atoms with Crippen molar-refractivity contribution in [2.24, 2.45) is 7.05 Å². The number of aromatic nitrogens is 7. The van der Waals surface area contributed by atoms with Gasteiger partial charge in [0, 0.05) is 20.1 Å². The maximum Gasteiger partial charge on any atom is 0.234 e. The number of imidazole rings is 1. The van der Waals surface area contributed by atoms with Crippen LogP contribution >= 0.6 is 0 Å². The van der Waals surface area contributed by atoms with E-state index in [9.17, 15) is 0 Å². The van der Waals surface area contributed by atoms with Gasteiger partial charge in [0.15, 0.2) is 17.0 Å². The van der Waals surface area contributed by atoms with E-state index < -0.39 is 0 Å². The highest BCUT2D eigenvalue weighted by molar-refractivity contribution is 5.85. The molecular weight excluding hydrogens is 388 g/mol. The fourth-order valence-corrected chi connectivity index (χ4v) is 3.69. The molecule has 0 atom stereocenters. The Labute approximate surface area is 179 Å². The average molecular weight is 410 g/mol. The van der Waals surface area contributed by atoms with Crippen molar-refractivity contribution in [3.05, 3.63) is 90.0 Å². The Kier molecular flexibility index (Phi) is 4.87. The highest BCUT2D eigenvalue weighted by Crippen LogP contribution is 2.27. The zero-order valence-electron chi connectivity index (χ0n) is 17.4. The molecule has 5 aromatic rings. The summed E-state index contributed by atoms with van der Waals surface area (Å²) in [6.07, 6.45) is 3.40. The molecule has 0 radical (unpaired) electrons. The molecule has 0 aliphatic carbocycles. The van der Waals surface area contributed by atoms with Gasteiger partial charge in [-0.3, -0.25) is 4.57 Å². The van der Waals surface area contributed by atoms with Gasteiger partial charge in [-0.2, -0.15) is 4.68 Å². The summed E-state index contributed by atoms with van der Waals surface area (Å²) in [5.41, 5.74) is 3.91. The number of hydrogen-bond donors (Lipinski definition) is 0. The van der Waals surface area contributed by atoms with Crippen LogP contribution < -0.4 is 4.90 Å². The lowest BCUT2D eigenvalue weighted by atomic mass is 10.1. The minimum Gasteiger partial charge on any atom is -0.346 e. The van der Waals surface area contributed by atoms with Crippen molar-refractivity contribution >= 4 is 17.0 Å². The first-order chi connectivity index (χ1) is 15.2. The molecule has 0 aliphatic heterocycles. The van der Waals surface area contributed by atoms with E-state index in [0.29, 0.717) is 24.9 Å². The Hall–Kier alpha value is -4.07. The monoisotopic (exact) mass is 410 g/mol.